The zero-order valence-corrected chi connectivity index (χ0v) is 13.9. The van der Waals surface area contributed by atoms with Crippen molar-refractivity contribution < 1.29 is 4.79 Å². The number of nitrogens with one attached hydrogen (secondary N) is 4. The highest BCUT2D eigenvalue weighted by molar-refractivity contribution is 8.00. The van der Waals surface area contributed by atoms with Crippen molar-refractivity contribution in [1.29, 1.82) is 0 Å². The number of amides is 1. The zero-order chi connectivity index (χ0) is 16.4. The number of rotatable bonds is 3. The maximum Gasteiger partial charge on any atom is 0.238 e. The fourth-order valence-electron chi connectivity index (χ4n) is 3.00. The molecule has 0 radical (unpaired) electrons. The molecule has 24 heavy (non-hydrogen) atoms. The second-order valence-corrected chi connectivity index (χ2v) is 7.15. The van der Waals surface area contributed by atoms with Crippen LogP contribution in [0.1, 0.15) is 17.2 Å². The summed E-state index contributed by atoms with van der Waals surface area (Å²) in [6, 6.07) is 9.98. The number of carbonyl (C=O) groups excluding carboxylic acids is 1. The number of hydrogen-bond acceptors (Lipinski definition) is 6. The number of hydrogen-bond donors (Lipinski definition) is 4. The van der Waals surface area contributed by atoms with E-state index in [1.165, 1.54) is 0 Å². The maximum atomic E-state index is 12.4. The number of aromatic nitrogens is 1. The zero-order valence-electron chi connectivity index (χ0n) is 13.1. The molecule has 4 rings (SSSR count). The van der Waals surface area contributed by atoms with Crippen LogP contribution in [0.15, 0.2) is 42.7 Å². The summed E-state index contributed by atoms with van der Waals surface area (Å²) in [6.07, 6.45) is 3.57. The molecule has 2 atom stereocenters. The van der Waals surface area contributed by atoms with Gasteiger partial charge in [-0.2, -0.15) is 0 Å². The molecular formula is C17H19N5OS. The normalized spacial score (nSPS) is 22.5. The van der Waals surface area contributed by atoms with Gasteiger partial charge in [0.2, 0.25) is 5.91 Å². The van der Waals surface area contributed by atoms with E-state index in [2.05, 4.69) is 26.5 Å². The number of nitrogens with zero attached hydrogens (tertiary/aromatic N) is 1. The van der Waals surface area contributed by atoms with Crippen LogP contribution in [0, 0.1) is 0 Å². The van der Waals surface area contributed by atoms with Gasteiger partial charge in [0.05, 0.1) is 17.0 Å². The van der Waals surface area contributed by atoms with Crippen LogP contribution in [0.25, 0.3) is 0 Å². The summed E-state index contributed by atoms with van der Waals surface area (Å²) >= 11 is 1.71. The summed E-state index contributed by atoms with van der Waals surface area (Å²) in [5.74, 6) is 1.03. The van der Waals surface area contributed by atoms with Crippen molar-refractivity contribution in [2.24, 2.45) is 0 Å². The molecule has 4 N–H and O–H groups in total. The first-order valence-electron chi connectivity index (χ1n) is 8.00. The highest BCUT2D eigenvalue weighted by Gasteiger charge is 2.25. The Morgan fingerprint density at radius 1 is 1.25 bits per heavy atom. The minimum atomic E-state index is -0.0285. The molecule has 3 heterocycles. The van der Waals surface area contributed by atoms with E-state index in [9.17, 15) is 4.79 Å². The van der Waals surface area contributed by atoms with Gasteiger partial charge in [0.1, 0.15) is 0 Å². The lowest BCUT2D eigenvalue weighted by molar-refractivity contribution is -0.115. The first kappa shape index (κ1) is 15.4. The van der Waals surface area contributed by atoms with Crippen molar-refractivity contribution in [2.75, 3.05) is 29.6 Å². The Morgan fingerprint density at radius 3 is 2.92 bits per heavy atom. The Kier molecular flexibility index (Phi) is 4.38. The van der Waals surface area contributed by atoms with E-state index in [0.717, 1.165) is 41.3 Å². The van der Waals surface area contributed by atoms with Gasteiger partial charge in [0.25, 0.3) is 0 Å². The molecule has 7 heteroatoms. The molecule has 1 saturated heterocycles. The maximum absolute atomic E-state index is 12.4. The summed E-state index contributed by atoms with van der Waals surface area (Å²) in [4.78, 5) is 16.5. The number of thioether (sulfide) groups is 1. The van der Waals surface area contributed by atoms with Crippen molar-refractivity contribution in [3.05, 3.63) is 53.9 Å². The molecule has 2 unspecified atom stereocenters. The number of pyridine rings is 1. The molecule has 0 bridgehead atoms. The van der Waals surface area contributed by atoms with Gasteiger partial charge in [-0.3, -0.25) is 9.78 Å². The van der Waals surface area contributed by atoms with Crippen molar-refractivity contribution in [3.8, 4) is 0 Å². The average Bonchev–Trinajstić information content (AvgIpc) is 3.06. The minimum Gasteiger partial charge on any atom is -0.325 e. The standard InChI is InChI=1S/C17H19N5OS/c23-17(15-10-19-7-8-24-15)20-12-1-2-14-13(9-12)16(22-21-14)11-3-5-18-6-4-11/h1-6,9,15-16,19,21-22H,7-8,10H2,(H,20,23). The Morgan fingerprint density at radius 2 is 2.12 bits per heavy atom. The molecule has 2 aromatic rings. The lowest BCUT2D eigenvalue weighted by atomic mass is 10.00. The quantitative estimate of drug-likeness (QED) is 0.681. The monoisotopic (exact) mass is 341 g/mol. The number of fused-ring (bicyclic) bond motifs is 1. The van der Waals surface area contributed by atoms with Crippen LogP contribution in [0.3, 0.4) is 0 Å². The van der Waals surface area contributed by atoms with Gasteiger partial charge in [-0.15, -0.1) is 11.8 Å². The van der Waals surface area contributed by atoms with Crippen molar-refractivity contribution in [1.82, 2.24) is 15.7 Å². The third-order valence-corrected chi connectivity index (χ3v) is 5.46. The molecule has 2 aliphatic heterocycles. The second-order valence-electron chi connectivity index (χ2n) is 5.84. The SMILES string of the molecule is O=C(Nc1ccc2c(c1)C(c1ccncc1)NN2)C1CNCCS1. The highest BCUT2D eigenvalue weighted by atomic mass is 32.2. The van der Waals surface area contributed by atoms with Gasteiger partial charge < -0.3 is 16.1 Å². The van der Waals surface area contributed by atoms with E-state index in [0.29, 0.717) is 0 Å². The Hall–Kier alpha value is -2.09. The van der Waals surface area contributed by atoms with E-state index in [-0.39, 0.29) is 17.2 Å². The fraction of sp³-hybridized carbons (Fsp3) is 0.294. The van der Waals surface area contributed by atoms with Gasteiger partial charge in [-0.1, -0.05) is 0 Å². The van der Waals surface area contributed by atoms with Crippen molar-refractivity contribution >= 4 is 29.0 Å². The Bertz CT molecular complexity index is 733. The first-order chi connectivity index (χ1) is 11.8. The highest BCUT2D eigenvalue weighted by Crippen LogP contribution is 2.34. The molecule has 1 aromatic heterocycles. The van der Waals surface area contributed by atoms with Gasteiger partial charge in [0.15, 0.2) is 0 Å². The molecule has 1 amide bonds. The Labute approximate surface area is 144 Å². The van der Waals surface area contributed by atoms with E-state index in [1.54, 1.807) is 24.2 Å². The second kappa shape index (κ2) is 6.80. The third kappa shape index (κ3) is 3.10. The molecule has 0 aliphatic carbocycles. The number of benzene rings is 1. The molecule has 124 valence electrons. The number of anilines is 2. The summed E-state index contributed by atoms with van der Waals surface area (Å²) in [6.45, 7) is 1.70. The van der Waals surface area contributed by atoms with Crippen molar-refractivity contribution in [2.45, 2.75) is 11.3 Å². The van der Waals surface area contributed by atoms with Crippen LogP contribution in [0.2, 0.25) is 0 Å². The molecule has 1 aromatic carbocycles. The van der Waals surface area contributed by atoms with Gasteiger partial charge >= 0.3 is 0 Å². The summed E-state index contributed by atoms with van der Waals surface area (Å²) in [7, 11) is 0. The summed E-state index contributed by atoms with van der Waals surface area (Å²) < 4.78 is 0. The van der Waals surface area contributed by atoms with Gasteiger partial charge in [0, 0.05) is 42.5 Å². The van der Waals surface area contributed by atoms with Crippen molar-refractivity contribution in [3.63, 3.8) is 0 Å². The largest absolute Gasteiger partial charge is 0.325 e. The van der Waals surface area contributed by atoms with Crippen LogP contribution in [0.5, 0.6) is 0 Å². The van der Waals surface area contributed by atoms with Crippen LogP contribution in [-0.4, -0.2) is 35.0 Å². The molecule has 0 saturated carbocycles. The first-order valence-corrected chi connectivity index (χ1v) is 9.05. The molecule has 1 fully saturated rings. The van der Waals surface area contributed by atoms with E-state index >= 15 is 0 Å². The average molecular weight is 341 g/mol. The van der Waals surface area contributed by atoms with Crippen LogP contribution < -0.4 is 21.5 Å². The topological polar surface area (TPSA) is 78.1 Å². The third-order valence-electron chi connectivity index (χ3n) is 4.24. The Balaban J connectivity index is 1.53. The predicted molar refractivity (Wildman–Crippen MR) is 97.0 cm³/mol. The van der Waals surface area contributed by atoms with Crippen LogP contribution in [-0.2, 0) is 4.79 Å². The predicted octanol–water partition coefficient (Wildman–Crippen LogP) is 1.74. The smallest absolute Gasteiger partial charge is 0.238 e. The van der Waals surface area contributed by atoms with Crippen LogP contribution >= 0.6 is 11.8 Å². The molecule has 2 aliphatic rings. The lowest BCUT2D eigenvalue weighted by Gasteiger charge is -2.21. The molecular weight excluding hydrogens is 322 g/mol. The summed E-state index contributed by atoms with van der Waals surface area (Å²) in [5.41, 5.74) is 10.6. The molecule has 6 nitrogen and oxygen atoms in total. The minimum absolute atomic E-state index is 0.0285. The van der Waals surface area contributed by atoms with E-state index in [1.807, 2.05) is 30.3 Å². The van der Waals surface area contributed by atoms with E-state index in [4.69, 9.17) is 0 Å². The van der Waals surface area contributed by atoms with Gasteiger partial charge in [-0.05, 0) is 35.9 Å². The summed E-state index contributed by atoms with van der Waals surface area (Å²) in [5, 5.41) is 6.28. The number of carbonyl (C=O) groups is 1. The molecule has 0 spiro atoms. The fourth-order valence-corrected chi connectivity index (χ4v) is 3.99. The van der Waals surface area contributed by atoms with Gasteiger partial charge in [-0.25, -0.2) is 5.43 Å². The number of hydrazine groups is 1. The lowest BCUT2D eigenvalue weighted by Crippen LogP contribution is -2.40. The van der Waals surface area contributed by atoms with Crippen LogP contribution in [0.4, 0.5) is 11.4 Å². The van der Waals surface area contributed by atoms with E-state index < -0.39 is 0 Å².